The Labute approximate surface area is 172 Å². The molecule has 0 aliphatic rings. The smallest absolute Gasteiger partial charge is 0.336 e. The van der Waals surface area contributed by atoms with Crippen LogP contribution >= 0.6 is 0 Å². The normalized spacial score (nSPS) is 11.0. The Hall–Kier alpha value is -3.79. The van der Waals surface area contributed by atoms with Crippen molar-refractivity contribution in [2.24, 2.45) is 0 Å². The predicted molar refractivity (Wildman–Crippen MR) is 110 cm³/mol. The summed E-state index contributed by atoms with van der Waals surface area (Å²) in [5.41, 5.74) is 1.42. The molecule has 0 spiro atoms. The topological polar surface area (TPSA) is 138 Å². The fourth-order valence-corrected chi connectivity index (χ4v) is 3.68. The molecule has 0 saturated carbocycles. The number of benzene rings is 2. The molecule has 0 fully saturated rings. The summed E-state index contributed by atoms with van der Waals surface area (Å²) in [4.78, 5) is 31.7. The van der Waals surface area contributed by atoms with Gasteiger partial charge in [-0.3, -0.25) is 4.79 Å². The summed E-state index contributed by atoms with van der Waals surface area (Å²) in [5.74, 6) is -1.87. The summed E-state index contributed by atoms with van der Waals surface area (Å²) in [6.45, 7) is 3.46. The first-order valence-corrected chi connectivity index (χ1v) is 10.2. The van der Waals surface area contributed by atoms with Crippen LogP contribution in [0.3, 0.4) is 0 Å². The van der Waals surface area contributed by atoms with Crippen LogP contribution in [0, 0.1) is 13.8 Å². The van der Waals surface area contributed by atoms with Crippen LogP contribution in [0.5, 0.6) is 0 Å². The number of rotatable bonds is 6. The monoisotopic (exact) mass is 426 g/mol. The second-order valence-corrected chi connectivity index (χ2v) is 8.09. The highest BCUT2D eigenvalue weighted by molar-refractivity contribution is 7.92. The molecule has 10 heteroatoms. The van der Waals surface area contributed by atoms with Gasteiger partial charge in [0, 0.05) is 17.1 Å². The quantitative estimate of drug-likeness (QED) is 0.551. The van der Waals surface area contributed by atoms with Crippen LogP contribution in [0.4, 0.5) is 11.6 Å². The first kappa shape index (κ1) is 20.9. The van der Waals surface area contributed by atoms with Crippen LogP contribution in [0.15, 0.2) is 59.5 Å². The number of anilines is 2. The second kappa shape index (κ2) is 8.29. The summed E-state index contributed by atoms with van der Waals surface area (Å²) < 4.78 is 27.4. The summed E-state index contributed by atoms with van der Waals surface area (Å²) >= 11 is 0. The Morgan fingerprint density at radius 3 is 2.03 bits per heavy atom. The van der Waals surface area contributed by atoms with Gasteiger partial charge >= 0.3 is 5.97 Å². The molecular weight excluding hydrogens is 408 g/mol. The maximum atomic E-state index is 12.6. The van der Waals surface area contributed by atoms with Gasteiger partial charge in [0.15, 0.2) is 0 Å². The van der Waals surface area contributed by atoms with Crippen molar-refractivity contribution in [1.82, 2.24) is 9.97 Å². The largest absolute Gasteiger partial charge is 0.478 e. The lowest BCUT2D eigenvalue weighted by Crippen LogP contribution is -2.17. The molecule has 9 nitrogen and oxygen atoms in total. The maximum absolute atomic E-state index is 12.6. The predicted octanol–water partition coefficient (Wildman–Crippen LogP) is 2.84. The van der Waals surface area contributed by atoms with Crippen LogP contribution in [0.2, 0.25) is 0 Å². The highest BCUT2D eigenvalue weighted by atomic mass is 32.2. The zero-order chi connectivity index (χ0) is 21.9. The second-order valence-electron chi connectivity index (χ2n) is 6.41. The standard InChI is InChI=1S/C20H18N4O5S/c1-12-11-13(2)22-20(21-12)24-30(28,29)15-9-7-14(8-10-15)23-18(25)16-5-3-4-6-17(16)19(26)27/h3-11H,1-2H3,(H,23,25)(H,26,27)(H,21,22,24). The Morgan fingerprint density at radius 1 is 0.900 bits per heavy atom. The summed E-state index contributed by atoms with van der Waals surface area (Å²) in [6.07, 6.45) is 0. The molecule has 0 bridgehead atoms. The lowest BCUT2D eigenvalue weighted by molar-refractivity contribution is 0.0692. The minimum absolute atomic E-state index is 0.00432. The van der Waals surface area contributed by atoms with E-state index < -0.39 is 21.9 Å². The van der Waals surface area contributed by atoms with Crippen molar-refractivity contribution in [3.05, 3.63) is 77.1 Å². The number of carboxylic acid groups (broad SMARTS) is 1. The van der Waals surface area contributed by atoms with Gasteiger partial charge in [0.2, 0.25) is 5.95 Å². The van der Waals surface area contributed by atoms with Gasteiger partial charge in [0.05, 0.1) is 16.0 Å². The molecule has 30 heavy (non-hydrogen) atoms. The van der Waals surface area contributed by atoms with Crippen molar-refractivity contribution < 1.29 is 23.1 Å². The van der Waals surface area contributed by atoms with E-state index in [9.17, 15) is 23.1 Å². The van der Waals surface area contributed by atoms with Gasteiger partial charge in [-0.25, -0.2) is 27.9 Å². The number of hydrogen-bond donors (Lipinski definition) is 3. The number of sulfonamides is 1. The van der Waals surface area contributed by atoms with E-state index >= 15 is 0 Å². The van der Waals surface area contributed by atoms with Crippen LogP contribution in [0.25, 0.3) is 0 Å². The van der Waals surface area contributed by atoms with Gasteiger partial charge in [0.1, 0.15) is 0 Å². The Kier molecular flexibility index (Phi) is 5.79. The molecule has 3 aromatic rings. The lowest BCUT2D eigenvalue weighted by atomic mass is 10.1. The van der Waals surface area contributed by atoms with Gasteiger partial charge in [-0.15, -0.1) is 0 Å². The average molecular weight is 426 g/mol. The van der Waals surface area contributed by atoms with Gasteiger partial charge in [-0.1, -0.05) is 12.1 Å². The minimum Gasteiger partial charge on any atom is -0.478 e. The molecule has 0 radical (unpaired) electrons. The van der Waals surface area contributed by atoms with E-state index in [1.807, 2.05) is 0 Å². The lowest BCUT2D eigenvalue weighted by Gasteiger charge is -2.10. The fraction of sp³-hybridized carbons (Fsp3) is 0.100. The number of carbonyl (C=O) groups excluding carboxylic acids is 1. The molecule has 2 aromatic carbocycles. The number of nitrogens with one attached hydrogen (secondary N) is 2. The van der Waals surface area contributed by atoms with Crippen molar-refractivity contribution in [2.75, 3.05) is 10.0 Å². The van der Waals surface area contributed by atoms with E-state index in [2.05, 4.69) is 20.0 Å². The third kappa shape index (κ3) is 4.78. The molecule has 0 saturated heterocycles. The van der Waals surface area contributed by atoms with E-state index in [0.717, 1.165) is 0 Å². The zero-order valence-corrected chi connectivity index (χ0v) is 16.9. The van der Waals surface area contributed by atoms with Crippen molar-refractivity contribution in [2.45, 2.75) is 18.7 Å². The number of aromatic nitrogens is 2. The Morgan fingerprint density at radius 2 is 1.47 bits per heavy atom. The number of carbonyl (C=O) groups is 2. The van der Waals surface area contributed by atoms with E-state index in [1.165, 1.54) is 42.5 Å². The molecular formula is C20H18N4O5S. The number of carboxylic acids is 1. The third-order valence-corrected chi connectivity index (χ3v) is 5.38. The minimum atomic E-state index is -3.93. The average Bonchev–Trinajstić information content (AvgIpc) is 2.67. The van der Waals surface area contributed by atoms with Gasteiger partial charge in [-0.05, 0) is 56.3 Å². The number of nitrogens with zero attached hydrogens (tertiary/aromatic N) is 2. The molecule has 3 N–H and O–H groups in total. The van der Waals surface area contributed by atoms with E-state index in [-0.39, 0.29) is 22.0 Å². The van der Waals surface area contributed by atoms with Crippen LogP contribution in [-0.4, -0.2) is 35.4 Å². The van der Waals surface area contributed by atoms with Crippen LogP contribution < -0.4 is 10.0 Å². The summed E-state index contributed by atoms with van der Waals surface area (Å²) in [7, 11) is -3.93. The molecule has 0 unspecified atom stereocenters. The van der Waals surface area contributed by atoms with Crippen molar-refractivity contribution >= 4 is 33.5 Å². The summed E-state index contributed by atoms with van der Waals surface area (Å²) in [5, 5.41) is 11.8. The number of amides is 1. The molecule has 0 aliphatic carbocycles. The van der Waals surface area contributed by atoms with Crippen LogP contribution in [-0.2, 0) is 10.0 Å². The molecule has 3 rings (SSSR count). The maximum Gasteiger partial charge on any atom is 0.336 e. The van der Waals surface area contributed by atoms with E-state index in [1.54, 1.807) is 26.0 Å². The van der Waals surface area contributed by atoms with Crippen molar-refractivity contribution in [1.29, 1.82) is 0 Å². The van der Waals surface area contributed by atoms with E-state index in [4.69, 9.17) is 0 Å². The highest BCUT2D eigenvalue weighted by Gasteiger charge is 2.18. The number of aryl methyl sites for hydroxylation is 2. The summed E-state index contributed by atoms with van der Waals surface area (Å²) in [6, 6.07) is 12.9. The molecule has 1 amide bonds. The zero-order valence-electron chi connectivity index (χ0n) is 16.1. The Balaban J connectivity index is 1.77. The van der Waals surface area contributed by atoms with Gasteiger partial charge in [0.25, 0.3) is 15.9 Å². The number of hydrogen-bond acceptors (Lipinski definition) is 6. The number of aromatic carboxylic acids is 1. The highest BCUT2D eigenvalue weighted by Crippen LogP contribution is 2.18. The Bertz CT molecular complexity index is 1200. The van der Waals surface area contributed by atoms with Gasteiger partial charge in [-0.2, -0.15) is 0 Å². The fourth-order valence-electron chi connectivity index (χ4n) is 2.73. The molecule has 0 atom stereocenters. The SMILES string of the molecule is Cc1cc(C)nc(NS(=O)(=O)c2ccc(NC(=O)c3ccccc3C(=O)O)cc2)n1. The molecule has 0 aliphatic heterocycles. The molecule has 1 aromatic heterocycles. The first-order valence-electron chi connectivity index (χ1n) is 8.74. The molecule has 1 heterocycles. The first-order chi connectivity index (χ1) is 14.2. The third-order valence-electron chi connectivity index (χ3n) is 4.03. The van der Waals surface area contributed by atoms with Crippen molar-refractivity contribution in [3.63, 3.8) is 0 Å². The van der Waals surface area contributed by atoms with E-state index in [0.29, 0.717) is 17.1 Å². The van der Waals surface area contributed by atoms with Gasteiger partial charge < -0.3 is 10.4 Å². The molecule has 154 valence electrons. The van der Waals surface area contributed by atoms with Crippen molar-refractivity contribution in [3.8, 4) is 0 Å². The van der Waals surface area contributed by atoms with Crippen LogP contribution in [0.1, 0.15) is 32.1 Å².